The summed E-state index contributed by atoms with van der Waals surface area (Å²) in [5.41, 5.74) is 0.241. The molecule has 1 N–H and O–H groups in total. The van der Waals surface area contributed by atoms with Crippen LogP contribution in [-0.2, 0) is 14.3 Å². The number of carbonyl (C=O) groups is 3. The summed E-state index contributed by atoms with van der Waals surface area (Å²) >= 11 is 0. The molecular weight excluding hydrogens is 274 g/mol. The summed E-state index contributed by atoms with van der Waals surface area (Å²) in [5.74, 6) is -1.35. The van der Waals surface area contributed by atoms with E-state index < -0.39 is 24.4 Å². The van der Waals surface area contributed by atoms with Gasteiger partial charge >= 0.3 is 5.97 Å². The Kier molecular flexibility index (Phi) is 6.94. The molecule has 114 valence electrons. The van der Waals surface area contributed by atoms with E-state index in [0.717, 1.165) is 6.42 Å². The fourth-order valence-corrected chi connectivity index (χ4v) is 1.60. The molecule has 2 amide bonds. The van der Waals surface area contributed by atoms with Gasteiger partial charge < -0.3 is 9.47 Å². The minimum atomic E-state index is -0.671. The number of unbranched alkanes of at least 4 members (excludes halogenated alkanes) is 1. The third-order valence-corrected chi connectivity index (χ3v) is 2.70. The maximum Gasteiger partial charge on any atom is 0.306 e. The number of hydrogen-bond acceptors (Lipinski definition) is 5. The molecule has 0 spiro atoms. The number of methoxy groups -OCH3 is 1. The zero-order chi connectivity index (χ0) is 15.7. The minimum Gasteiger partial charge on any atom is -0.496 e. The van der Waals surface area contributed by atoms with Gasteiger partial charge in [-0.2, -0.15) is 0 Å². The van der Waals surface area contributed by atoms with E-state index in [1.807, 2.05) is 6.92 Å². The van der Waals surface area contributed by atoms with E-state index in [0.29, 0.717) is 12.2 Å². The first kappa shape index (κ1) is 16.7. The van der Waals surface area contributed by atoms with Crippen molar-refractivity contribution in [2.75, 3.05) is 13.7 Å². The average Bonchev–Trinajstić information content (AvgIpc) is 2.50. The summed E-state index contributed by atoms with van der Waals surface area (Å²) in [4.78, 5) is 34.7. The van der Waals surface area contributed by atoms with Crippen molar-refractivity contribution in [1.82, 2.24) is 5.32 Å². The van der Waals surface area contributed by atoms with Crippen molar-refractivity contribution in [3.8, 4) is 5.75 Å². The van der Waals surface area contributed by atoms with Gasteiger partial charge in [0.2, 0.25) is 0 Å². The largest absolute Gasteiger partial charge is 0.496 e. The number of carbonyl (C=O) groups excluding carboxylic acids is 3. The SMILES string of the molecule is CCCCC(=O)OCC(=O)NC(=O)c1ccccc1OC. The minimum absolute atomic E-state index is 0.241. The zero-order valence-electron chi connectivity index (χ0n) is 12.2. The van der Waals surface area contributed by atoms with E-state index in [1.165, 1.54) is 13.2 Å². The van der Waals surface area contributed by atoms with Crippen molar-refractivity contribution in [3.05, 3.63) is 29.8 Å². The van der Waals surface area contributed by atoms with Gasteiger partial charge in [0, 0.05) is 6.42 Å². The highest BCUT2D eigenvalue weighted by Gasteiger charge is 2.15. The Morgan fingerprint density at radius 1 is 1.19 bits per heavy atom. The number of para-hydroxylation sites is 1. The van der Waals surface area contributed by atoms with Gasteiger partial charge in [-0.15, -0.1) is 0 Å². The molecule has 1 aromatic rings. The summed E-state index contributed by atoms with van der Waals surface area (Å²) in [6.07, 6.45) is 1.85. The van der Waals surface area contributed by atoms with Crippen LogP contribution in [0.2, 0.25) is 0 Å². The monoisotopic (exact) mass is 293 g/mol. The third-order valence-electron chi connectivity index (χ3n) is 2.70. The lowest BCUT2D eigenvalue weighted by Gasteiger charge is -2.08. The molecule has 1 aromatic carbocycles. The van der Waals surface area contributed by atoms with Crippen LogP contribution in [0.25, 0.3) is 0 Å². The van der Waals surface area contributed by atoms with Crippen molar-refractivity contribution in [3.63, 3.8) is 0 Å². The number of amides is 2. The van der Waals surface area contributed by atoms with E-state index >= 15 is 0 Å². The Morgan fingerprint density at radius 2 is 1.90 bits per heavy atom. The van der Waals surface area contributed by atoms with Gasteiger partial charge in [0.25, 0.3) is 11.8 Å². The lowest BCUT2D eigenvalue weighted by atomic mass is 10.2. The molecule has 0 fully saturated rings. The number of hydrogen-bond donors (Lipinski definition) is 1. The second-order valence-electron chi connectivity index (χ2n) is 4.34. The fraction of sp³-hybridized carbons (Fsp3) is 0.400. The molecular formula is C15H19NO5. The summed E-state index contributed by atoms with van der Waals surface area (Å²) in [5, 5.41) is 2.15. The molecule has 0 saturated heterocycles. The number of esters is 1. The molecule has 0 aliphatic heterocycles. The summed E-state index contributed by atoms with van der Waals surface area (Å²) in [7, 11) is 1.43. The number of rotatable bonds is 7. The van der Waals surface area contributed by atoms with Gasteiger partial charge in [-0.25, -0.2) is 0 Å². The molecule has 0 radical (unpaired) electrons. The van der Waals surface area contributed by atoms with Gasteiger partial charge in [-0.1, -0.05) is 25.5 Å². The van der Waals surface area contributed by atoms with Crippen LogP contribution < -0.4 is 10.1 Å². The fourth-order valence-electron chi connectivity index (χ4n) is 1.60. The van der Waals surface area contributed by atoms with Crippen LogP contribution in [0.3, 0.4) is 0 Å². The van der Waals surface area contributed by atoms with Crippen LogP contribution in [0.5, 0.6) is 5.75 Å². The first-order valence-corrected chi connectivity index (χ1v) is 6.71. The predicted octanol–water partition coefficient (Wildman–Crippen LogP) is 1.68. The van der Waals surface area contributed by atoms with Crippen molar-refractivity contribution in [2.45, 2.75) is 26.2 Å². The molecule has 0 unspecified atom stereocenters. The quantitative estimate of drug-likeness (QED) is 0.774. The van der Waals surface area contributed by atoms with E-state index in [4.69, 9.17) is 9.47 Å². The first-order chi connectivity index (χ1) is 10.1. The number of nitrogens with one attached hydrogen (secondary N) is 1. The Balaban J connectivity index is 2.47. The Morgan fingerprint density at radius 3 is 2.57 bits per heavy atom. The number of ether oxygens (including phenoxy) is 2. The van der Waals surface area contributed by atoms with Crippen molar-refractivity contribution < 1.29 is 23.9 Å². The van der Waals surface area contributed by atoms with E-state index in [1.54, 1.807) is 18.2 Å². The normalized spacial score (nSPS) is 9.81. The summed E-state index contributed by atoms with van der Waals surface area (Å²) < 4.78 is 9.80. The van der Waals surface area contributed by atoms with Gasteiger partial charge in [-0.05, 0) is 18.6 Å². The molecule has 21 heavy (non-hydrogen) atoms. The van der Waals surface area contributed by atoms with Crippen molar-refractivity contribution >= 4 is 17.8 Å². The summed E-state index contributed by atoms with van der Waals surface area (Å²) in [6, 6.07) is 6.53. The van der Waals surface area contributed by atoms with E-state index in [-0.39, 0.29) is 12.0 Å². The Hall–Kier alpha value is -2.37. The van der Waals surface area contributed by atoms with Crippen LogP contribution in [-0.4, -0.2) is 31.5 Å². The number of imide groups is 1. The smallest absolute Gasteiger partial charge is 0.306 e. The maximum absolute atomic E-state index is 11.9. The van der Waals surface area contributed by atoms with Crippen LogP contribution in [0.1, 0.15) is 36.5 Å². The second-order valence-corrected chi connectivity index (χ2v) is 4.34. The molecule has 6 heteroatoms. The van der Waals surface area contributed by atoms with Crippen LogP contribution >= 0.6 is 0 Å². The second kappa shape index (κ2) is 8.73. The standard InChI is InChI=1S/C15H19NO5/c1-3-4-9-14(18)21-10-13(17)16-15(19)11-7-5-6-8-12(11)20-2/h5-8H,3-4,9-10H2,1-2H3,(H,16,17,19). The van der Waals surface area contributed by atoms with Crippen molar-refractivity contribution in [2.24, 2.45) is 0 Å². The third kappa shape index (κ3) is 5.64. The lowest BCUT2D eigenvalue weighted by Crippen LogP contribution is -2.34. The molecule has 0 aliphatic rings. The maximum atomic E-state index is 11.9. The molecule has 0 heterocycles. The first-order valence-electron chi connectivity index (χ1n) is 6.71. The average molecular weight is 293 g/mol. The topological polar surface area (TPSA) is 81.7 Å². The Bertz CT molecular complexity index is 513. The molecule has 0 aliphatic carbocycles. The highest BCUT2D eigenvalue weighted by atomic mass is 16.5. The highest BCUT2D eigenvalue weighted by Crippen LogP contribution is 2.16. The van der Waals surface area contributed by atoms with Gasteiger partial charge in [0.1, 0.15) is 5.75 Å². The number of benzene rings is 1. The Labute approximate surface area is 123 Å². The van der Waals surface area contributed by atoms with E-state index in [2.05, 4.69) is 5.32 Å². The molecule has 0 atom stereocenters. The van der Waals surface area contributed by atoms with Crippen LogP contribution in [0.15, 0.2) is 24.3 Å². The van der Waals surface area contributed by atoms with Gasteiger partial charge in [0.15, 0.2) is 6.61 Å². The zero-order valence-corrected chi connectivity index (χ0v) is 12.2. The lowest BCUT2D eigenvalue weighted by molar-refractivity contribution is -0.148. The summed E-state index contributed by atoms with van der Waals surface area (Å²) in [6.45, 7) is 1.48. The van der Waals surface area contributed by atoms with Gasteiger partial charge in [-0.3, -0.25) is 19.7 Å². The highest BCUT2D eigenvalue weighted by molar-refractivity contribution is 6.06. The van der Waals surface area contributed by atoms with E-state index in [9.17, 15) is 14.4 Å². The van der Waals surface area contributed by atoms with Gasteiger partial charge in [0.05, 0.1) is 12.7 Å². The molecule has 0 aromatic heterocycles. The molecule has 0 bridgehead atoms. The molecule has 6 nitrogen and oxygen atoms in total. The van der Waals surface area contributed by atoms with Crippen LogP contribution in [0.4, 0.5) is 0 Å². The molecule has 0 saturated carbocycles. The van der Waals surface area contributed by atoms with Crippen molar-refractivity contribution in [1.29, 1.82) is 0 Å². The predicted molar refractivity (Wildman–Crippen MR) is 76.0 cm³/mol. The van der Waals surface area contributed by atoms with Crippen LogP contribution in [0, 0.1) is 0 Å². The molecule has 1 rings (SSSR count).